The summed E-state index contributed by atoms with van der Waals surface area (Å²) < 4.78 is 0. The van der Waals surface area contributed by atoms with Crippen molar-refractivity contribution in [2.24, 2.45) is 5.10 Å². The van der Waals surface area contributed by atoms with Crippen molar-refractivity contribution >= 4 is 46.1 Å². The predicted octanol–water partition coefficient (Wildman–Crippen LogP) is 4.69. The zero-order valence-electron chi connectivity index (χ0n) is 11.3. The van der Waals surface area contributed by atoms with Crippen molar-refractivity contribution in [3.8, 4) is 5.75 Å². The average molecular weight is 332 g/mol. The Morgan fingerprint density at radius 1 is 1.09 bits per heavy atom. The molecule has 3 rings (SSSR count). The Morgan fingerprint density at radius 2 is 1.91 bits per heavy atom. The van der Waals surface area contributed by atoms with Crippen LogP contribution in [0.4, 0.5) is 5.82 Å². The molecule has 1 aromatic heterocycles. The van der Waals surface area contributed by atoms with Gasteiger partial charge in [-0.1, -0.05) is 41.4 Å². The van der Waals surface area contributed by atoms with Crippen molar-refractivity contribution in [3.63, 3.8) is 0 Å². The molecule has 6 heteroatoms. The first-order valence-electron chi connectivity index (χ1n) is 6.46. The topological polar surface area (TPSA) is 57.5 Å². The van der Waals surface area contributed by atoms with Crippen molar-refractivity contribution in [2.75, 3.05) is 5.43 Å². The summed E-state index contributed by atoms with van der Waals surface area (Å²) in [6.07, 6.45) is 1.43. The molecule has 0 aliphatic rings. The third-order valence-corrected chi connectivity index (χ3v) is 3.55. The monoisotopic (exact) mass is 331 g/mol. The van der Waals surface area contributed by atoms with Crippen LogP contribution in [0.2, 0.25) is 10.0 Å². The van der Waals surface area contributed by atoms with Gasteiger partial charge in [-0.15, -0.1) is 0 Å². The van der Waals surface area contributed by atoms with E-state index >= 15 is 0 Å². The summed E-state index contributed by atoms with van der Waals surface area (Å²) in [5.41, 5.74) is 4.11. The minimum absolute atomic E-state index is 0.0666. The molecular weight excluding hydrogens is 321 g/mol. The van der Waals surface area contributed by atoms with Crippen LogP contribution in [0.5, 0.6) is 5.75 Å². The molecule has 0 saturated heterocycles. The number of hydrogen-bond acceptors (Lipinski definition) is 4. The molecule has 0 unspecified atom stereocenters. The number of nitrogens with one attached hydrogen (secondary N) is 1. The number of para-hydroxylation sites is 1. The highest BCUT2D eigenvalue weighted by Crippen LogP contribution is 2.30. The molecule has 0 saturated carbocycles. The van der Waals surface area contributed by atoms with E-state index in [9.17, 15) is 5.11 Å². The van der Waals surface area contributed by atoms with Crippen LogP contribution < -0.4 is 5.43 Å². The maximum atomic E-state index is 9.84. The lowest BCUT2D eigenvalue weighted by molar-refractivity contribution is 0.475. The van der Waals surface area contributed by atoms with Gasteiger partial charge in [0, 0.05) is 16.0 Å². The lowest BCUT2D eigenvalue weighted by atomic mass is 10.2. The number of aromatic hydroxyl groups is 1. The van der Waals surface area contributed by atoms with Crippen molar-refractivity contribution in [1.82, 2.24) is 4.98 Å². The molecule has 110 valence electrons. The van der Waals surface area contributed by atoms with E-state index in [4.69, 9.17) is 23.2 Å². The quantitative estimate of drug-likeness (QED) is 0.540. The molecule has 4 nitrogen and oxygen atoms in total. The number of benzene rings is 2. The summed E-state index contributed by atoms with van der Waals surface area (Å²) in [4.78, 5) is 4.42. The molecule has 0 fully saturated rings. The molecule has 0 aliphatic carbocycles. The van der Waals surface area contributed by atoms with Gasteiger partial charge in [0.2, 0.25) is 0 Å². The number of fused-ring (bicyclic) bond motifs is 1. The van der Waals surface area contributed by atoms with E-state index in [2.05, 4.69) is 15.5 Å². The largest absolute Gasteiger partial charge is 0.506 e. The van der Waals surface area contributed by atoms with E-state index in [0.717, 1.165) is 10.9 Å². The van der Waals surface area contributed by atoms with Gasteiger partial charge in [0.1, 0.15) is 11.6 Å². The van der Waals surface area contributed by atoms with E-state index in [0.29, 0.717) is 16.4 Å². The van der Waals surface area contributed by atoms with Crippen LogP contribution >= 0.6 is 23.2 Å². The normalized spacial score (nSPS) is 11.2. The Bertz CT molecular complexity index is 865. The Labute approximate surface area is 137 Å². The van der Waals surface area contributed by atoms with E-state index in [1.165, 1.54) is 12.3 Å². The lowest BCUT2D eigenvalue weighted by Crippen LogP contribution is -1.94. The van der Waals surface area contributed by atoms with E-state index in [1.54, 1.807) is 6.07 Å². The highest BCUT2D eigenvalue weighted by molar-refractivity contribution is 6.36. The summed E-state index contributed by atoms with van der Waals surface area (Å²) in [6, 6.07) is 14.6. The third-order valence-electron chi connectivity index (χ3n) is 3.04. The Hall–Kier alpha value is -2.30. The molecule has 0 amide bonds. The summed E-state index contributed by atoms with van der Waals surface area (Å²) in [6.45, 7) is 0. The molecular formula is C16H11Cl2N3O. The van der Waals surface area contributed by atoms with Crippen LogP contribution in [-0.4, -0.2) is 16.3 Å². The minimum atomic E-state index is -0.0666. The van der Waals surface area contributed by atoms with Gasteiger partial charge in [-0.25, -0.2) is 4.98 Å². The summed E-state index contributed by atoms with van der Waals surface area (Å²) in [5, 5.41) is 15.5. The fourth-order valence-electron chi connectivity index (χ4n) is 1.98. The van der Waals surface area contributed by atoms with Crippen LogP contribution in [-0.2, 0) is 0 Å². The number of aromatic nitrogens is 1. The van der Waals surface area contributed by atoms with Crippen LogP contribution in [0.1, 0.15) is 5.56 Å². The Balaban J connectivity index is 1.81. The van der Waals surface area contributed by atoms with E-state index in [-0.39, 0.29) is 10.8 Å². The summed E-state index contributed by atoms with van der Waals surface area (Å²) in [5.74, 6) is 0.533. The highest BCUT2D eigenvalue weighted by Gasteiger charge is 2.05. The second kappa shape index (κ2) is 6.22. The maximum Gasteiger partial charge on any atom is 0.146 e. The fraction of sp³-hybridized carbons (Fsp3) is 0. The number of phenols is 1. The lowest BCUT2D eigenvalue weighted by Gasteiger charge is -2.04. The number of hydrogen-bond donors (Lipinski definition) is 2. The number of halogens is 2. The van der Waals surface area contributed by atoms with Gasteiger partial charge >= 0.3 is 0 Å². The molecule has 3 aromatic rings. The summed E-state index contributed by atoms with van der Waals surface area (Å²) in [7, 11) is 0. The molecule has 1 heterocycles. The summed E-state index contributed by atoms with van der Waals surface area (Å²) >= 11 is 11.7. The van der Waals surface area contributed by atoms with Crippen molar-refractivity contribution in [3.05, 3.63) is 64.1 Å². The molecule has 22 heavy (non-hydrogen) atoms. The molecule has 0 radical (unpaired) electrons. The number of phenolic OH excluding ortho intramolecular Hbond substituents is 1. The van der Waals surface area contributed by atoms with Crippen LogP contribution in [0.25, 0.3) is 10.9 Å². The zero-order valence-corrected chi connectivity index (χ0v) is 12.8. The minimum Gasteiger partial charge on any atom is -0.506 e. The Kier molecular flexibility index (Phi) is 4.13. The van der Waals surface area contributed by atoms with Crippen molar-refractivity contribution in [2.45, 2.75) is 0 Å². The van der Waals surface area contributed by atoms with Crippen molar-refractivity contribution < 1.29 is 5.11 Å². The first kappa shape index (κ1) is 14.6. The van der Waals surface area contributed by atoms with Gasteiger partial charge in [-0.3, -0.25) is 5.43 Å². The second-order valence-corrected chi connectivity index (χ2v) is 5.43. The fourth-order valence-corrected chi connectivity index (χ4v) is 2.49. The number of rotatable bonds is 3. The number of nitrogens with zero attached hydrogens (tertiary/aromatic N) is 2. The van der Waals surface area contributed by atoms with Crippen LogP contribution in [0.3, 0.4) is 0 Å². The molecule has 0 spiro atoms. The van der Waals surface area contributed by atoms with Crippen LogP contribution in [0.15, 0.2) is 53.6 Å². The van der Waals surface area contributed by atoms with Crippen molar-refractivity contribution in [1.29, 1.82) is 0 Å². The molecule has 0 bridgehead atoms. The number of anilines is 1. The average Bonchev–Trinajstić information content (AvgIpc) is 2.52. The first-order valence-corrected chi connectivity index (χ1v) is 7.22. The predicted molar refractivity (Wildman–Crippen MR) is 91.1 cm³/mol. The standard InChI is InChI=1S/C16H11Cl2N3O/c17-12-7-11(16(22)13(18)8-12)9-19-21-15-6-5-10-3-1-2-4-14(10)20-15/h1-9,22H,(H,20,21)/b19-9+. The van der Waals surface area contributed by atoms with Gasteiger partial charge < -0.3 is 5.11 Å². The second-order valence-electron chi connectivity index (χ2n) is 4.58. The van der Waals surface area contributed by atoms with E-state index in [1.807, 2.05) is 36.4 Å². The number of hydrazone groups is 1. The van der Waals surface area contributed by atoms with Gasteiger partial charge in [0.25, 0.3) is 0 Å². The molecule has 2 aromatic carbocycles. The first-order chi connectivity index (χ1) is 10.6. The smallest absolute Gasteiger partial charge is 0.146 e. The van der Waals surface area contributed by atoms with Gasteiger partial charge in [0.15, 0.2) is 0 Å². The van der Waals surface area contributed by atoms with Gasteiger partial charge in [-0.05, 0) is 30.3 Å². The molecule has 2 N–H and O–H groups in total. The Morgan fingerprint density at radius 3 is 2.77 bits per heavy atom. The highest BCUT2D eigenvalue weighted by atomic mass is 35.5. The van der Waals surface area contributed by atoms with Gasteiger partial charge in [0.05, 0.1) is 16.8 Å². The van der Waals surface area contributed by atoms with Gasteiger partial charge in [-0.2, -0.15) is 5.10 Å². The molecule has 0 aliphatic heterocycles. The zero-order chi connectivity index (χ0) is 15.5. The van der Waals surface area contributed by atoms with E-state index < -0.39 is 0 Å². The maximum absolute atomic E-state index is 9.84. The number of pyridine rings is 1. The third kappa shape index (κ3) is 3.13. The SMILES string of the molecule is Oc1c(Cl)cc(Cl)cc1/C=N/Nc1ccc2ccccc2n1. The van der Waals surface area contributed by atoms with Crippen LogP contribution in [0, 0.1) is 0 Å². The molecule has 0 atom stereocenters.